The first kappa shape index (κ1) is 13.6. The summed E-state index contributed by atoms with van der Waals surface area (Å²) < 4.78 is 0. The van der Waals surface area contributed by atoms with Crippen molar-refractivity contribution in [2.45, 2.75) is 20.4 Å². The summed E-state index contributed by atoms with van der Waals surface area (Å²) in [4.78, 5) is 6.80. The monoisotopic (exact) mass is 255 g/mol. The van der Waals surface area contributed by atoms with E-state index in [1.165, 1.54) is 16.8 Å². The lowest BCUT2D eigenvalue weighted by molar-refractivity contribution is 0.790. The molecule has 0 spiro atoms. The first-order valence-corrected chi connectivity index (χ1v) is 6.53. The molecule has 0 unspecified atom stereocenters. The summed E-state index contributed by atoms with van der Waals surface area (Å²) in [5.41, 5.74) is 4.80. The largest absolute Gasteiger partial charge is 0.329 e. The Hall–Kier alpha value is -1.87. The van der Waals surface area contributed by atoms with Gasteiger partial charge >= 0.3 is 0 Å². The van der Waals surface area contributed by atoms with E-state index < -0.39 is 0 Å². The Morgan fingerprint density at radius 2 is 1.95 bits per heavy atom. The van der Waals surface area contributed by atoms with Gasteiger partial charge in [-0.15, -0.1) is 0 Å². The van der Waals surface area contributed by atoms with E-state index in [4.69, 9.17) is 0 Å². The summed E-state index contributed by atoms with van der Waals surface area (Å²) in [5.74, 6) is 0.972. The Morgan fingerprint density at radius 3 is 2.63 bits per heavy atom. The molecule has 1 N–H and O–H groups in total. The average Bonchev–Trinajstić information content (AvgIpc) is 2.39. The number of rotatable bonds is 4. The third-order valence-electron chi connectivity index (χ3n) is 3.21. The first-order valence-electron chi connectivity index (χ1n) is 6.53. The summed E-state index contributed by atoms with van der Waals surface area (Å²) in [6.45, 7) is 5.04. The number of nitrogens with one attached hydrogen (secondary N) is 1. The van der Waals surface area contributed by atoms with Crippen LogP contribution in [0.15, 0.2) is 36.4 Å². The van der Waals surface area contributed by atoms with Gasteiger partial charge in [-0.1, -0.05) is 23.8 Å². The Kier molecular flexibility index (Phi) is 4.17. The molecule has 0 atom stereocenters. The molecule has 0 saturated carbocycles. The van der Waals surface area contributed by atoms with Gasteiger partial charge in [-0.25, -0.2) is 4.98 Å². The Balaban J connectivity index is 2.32. The third-order valence-corrected chi connectivity index (χ3v) is 3.21. The molecule has 0 saturated heterocycles. The summed E-state index contributed by atoms with van der Waals surface area (Å²) >= 11 is 0. The minimum atomic E-state index is 0.786. The summed E-state index contributed by atoms with van der Waals surface area (Å²) in [6.07, 6.45) is 0. The topological polar surface area (TPSA) is 28.2 Å². The van der Waals surface area contributed by atoms with Crippen molar-refractivity contribution in [1.82, 2.24) is 10.3 Å². The Labute approximate surface area is 115 Å². The lowest BCUT2D eigenvalue weighted by Gasteiger charge is -2.21. The van der Waals surface area contributed by atoms with Gasteiger partial charge in [0.2, 0.25) is 0 Å². The van der Waals surface area contributed by atoms with Crippen LogP contribution in [0.4, 0.5) is 11.5 Å². The standard InChI is InChI=1S/C16H21N3/c1-12-8-9-15(13(2)10-12)19(4)16-7-5-6-14(18-16)11-17-3/h5-10,17H,11H2,1-4H3. The number of benzene rings is 1. The molecule has 1 aromatic carbocycles. The minimum absolute atomic E-state index is 0.786. The van der Waals surface area contributed by atoms with Crippen LogP contribution in [0.3, 0.4) is 0 Å². The fourth-order valence-electron chi connectivity index (χ4n) is 2.24. The van der Waals surface area contributed by atoms with Gasteiger partial charge in [0.1, 0.15) is 5.82 Å². The van der Waals surface area contributed by atoms with Crippen molar-refractivity contribution in [1.29, 1.82) is 0 Å². The molecular formula is C16H21N3. The molecule has 0 aliphatic heterocycles. The van der Waals surface area contributed by atoms with Crippen molar-refractivity contribution in [3.63, 3.8) is 0 Å². The second-order valence-corrected chi connectivity index (χ2v) is 4.87. The number of aryl methyl sites for hydroxylation is 2. The van der Waals surface area contributed by atoms with Crippen molar-refractivity contribution in [3.05, 3.63) is 53.2 Å². The fraction of sp³-hybridized carbons (Fsp3) is 0.312. The Morgan fingerprint density at radius 1 is 1.16 bits per heavy atom. The minimum Gasteiger partial charge on any atom is -0.329 e. The fourth-order valence-corrected chi connectivity index (χ4v) is 2.24. The van der Waals surface area contributed by atoms with Gasteiger partial charge in [0.15, 0.2) is 0 Å². The van der Waals surface area contributed by atoms with E-state index in [1.54, 1.807) is 0 Å². The zero-order valence-corrected chi connectivity index (χ0v) is 12.1. The average molecular weight is 255 g/mol. The van der Waals surface area contributed by atoms with Crippen LogP contribution in [0.25, 0.3) is 0 Å². The maximum Gasteiger partial charge on any atom is 0.133 e. The van der Waals surface area contributed by atoms with Gasteiger partial charge in [-0.2, -0.15) is 0 Å². The molecule has 3 nitrogen and oxygen atoms in total. The molecule has 2 aromatic rings. The molecule has 1 aromatic heterocycles. The predicted molar refractivity (Wildman–Crippen MR) is 81.0 cm³/mol. The highest BCUT2D eigenvalue weighted by molar-refractivity contribution is 5.63. The van der Waals surface area contributed by atoms with E-state index in [2.05, 4.69) is 60.4 Å². The smallest absolute Gasteiger partial charge is 0.133 e. The molecule has 0 bridgehead atoms. The third kappa shape index (κ3) is 3.12. The van der Waals surface area contributed by atoms with E-state index in [0.717, 1.165) is 18.1 Å². The maximum atomic E-state index is 4.67. The van der Waals surface area contributed by atoms with Gasteiger partial charge in [-0.05, 0) is 44.7 Å². The van der Waals surface area contributed by atoms with Crippen molar-refractivity contribution in [2.24, 2.45) is 0 Å². The van der Waals surface area contributed by atoms with Gasteiger partial charge in [0, 0.05) is 19.3 Å². The van der Waals surface area contributed by atoms with Crippen LogP contribution >= 0.6 is 0 Å². The van der Waals surface area contributed by atoms with Gasteiger partial charge in [-0.3, -0.25) is 0 Å². The van der Waals surface area contributed by atoms with E-state index in [-0.39, 0.29) is 0 Å². The number of anilines is 2. The van der Waals surface area contributed by atoms with E-state index in [0.29, 0.717) is 0 Å². The summed E-state index contributed by atoms with van der Waals surface area (Å²) in [7, 11) is 3.99. The van der Waals surface area contributed by atoms with Crippen LogP contribution < -0.4 is 10.2 Å². The van der Waals surface area contributed by atoms with Crippen LogP contribution in [-0.2, 0) is 6.54 Å². The highest BCUT2D eigenvalue weighted by Crippen LogP contribution is 2.26. The predicted octanol–water partition coefficient (Wildman–Crippen LogP) is 3.19. The lowest BCUT2D eigenvalue weighted by atomic mass is 10.1. The molecule has 0 radical (unpaired) electrons. The molecular weight excluding hydrogens is 234 g/mol. The highest BCUT2D eigenvalue weighted by Gasteiger charge is 2.08. The number of aromatic nitrogens is 1. The molecule has 0 amide bonds. The van der Waals surface area contributed by atoms with Crippen LogP contribution in [0, 0.1) is 13.8 Å². The van der Waals surface area contributed by atoms with Crippen molar-refractivity contribution in [3.8, 4) is 0 Å². The highest BCUT2D eigenvalue weighted by atomic mass is 15.2. The molecule has 0 aliphatic carbocycles. The van der Waals surface area contributed by atoms with Gasteiger partial charge in [0.25, 0.3) is 0 Å². The van der Waals surface area contributed by atoms with Gasteiger partial charge < -0.3 is 10.2 Å². The van der Waals surface area contributed by atoms with Crippen molar-refractivity contribution >= 4 is 11.5 Å². The second kappa shape index (κ2) is 5.85. The second-order valence-electron chi connectivity index (χ2n) is 4.87. The van der Waals surface area contributed by atoms with Gasteiger partial charge in [0.05, 0.1) is 5.69 Å². The normalized spacial score (nSPS) is 10.5. The summed E-state index contributed by atoms with van der Waals surface area (Å²) in [5, 5.41) is 3.13. The van der Waals surface area contributed by atoms with E-state index in [1.807, 2.05) is 19.2 Å². The summed E-state index contributed by atoms with van der Waals surface area (Å²) in [6, 6.07) is 12.6. The molecule has 3 heteroatoms. The van der Waals surface area contributed by atoms with Crippen LogP contribution in [0.2, 0.25) is 0 Å². The lowest BCUT2D eigenvalue weighted by Crippen LogP contribution is -2.14. The molecule has 2 rings (SSSR count). The number of hydrogen-bond acceptors (Lipinski definition) is 3. The SMILES string of the molecule is CNCc1cccc(N(C)c2ccc(C)cc2C)n1. The molecule has 0 fully saturated rings. The van der Waals surface area contributed by atoms with Crippen molar-refractivity contribution < 1.29 is 0 Å². The zero-order chi connectivity index (χ0) is 13.8. The molecule has 1 heterocycles. The van der Waals surface area contributed by atoms with Crippen molar-refractivity contribution in [2.75, 3.05) is 19.0 Å². The van der Waals surface area contributed by atoms with Crippen LogP contribution in [0.1, 0.15) is 16.8 Å². The van der Waals surface area contributed by atoms with Crippen LogP contribution in [0.5, 0.6) is 0 Å². The number of pyridine rings is 1. The first-order chi connectivity index (χ1) is 9.11. The molecule has 19 heavy (non-hydrogen) atoms. The van der Waals surface area contributed by atoms with E-state index in [9.17, 15) is 0 Å². The quantitative estimate of drug-likeness (QED) is 0.909. The van der Waals surface area contributed by atoms with E-state index >= 15 is 0 Å². The Bertz CT molecular complexity index is 564. The zero-order valence-electron chi connectivity index (χ0n) is 12.1. The molecule has 100 valence electrons. The number of nitrogens with zero attached hydrogens (tertiary/aromatic N) is 2. The van der Waals surface area contributed by atoms with Crippen LogP contribution in [-0.4, -0.2) is 19.1 Å². The maximum absolute atomic E-state index is 4.67. The molecule has 0 aliphatic rings. The number of hydrogen-bond donors (Lipinski definition) is 1.